The largest absolute Gasteiger partial charge is 0.378 e. The van der Waals surface area contributed by atoms with Crippen LogP contribution in [0, 0.1) is 5.82 Å². The number of sulfonamides is 1. The quantitative estimate of drug-likeness (QED) is 0.841. The van der Waals surface area contributed by atoms with Gasteiger partial charge in [-0.05, 0) is 12.1 Å². The fraction of sp³-hybridized carbons (Fsp3) is 0.538. The standard InChI is InChI=1S/C13H15ClFNO4S/c14-12-5-9(15)1-2-11(12)13-6-16(3-4-20-13)21(17,18)10-7-19-8-10/h1-2,5,10,13H,3-4,6-8H2. The molecule has 0 aromatic heterocycles. The molecule has 2 aliphatic rings. The molecule has 0 spiro atoms. The SMILES string of the molecule is O=S(=O)(C1COC1)N1CCOC(c2ccc(F)cc2Cl)C1. The van der Waals surface area contributed by atoms with Crippen molar-refractivity contribution in [3.63, 3.8) is 0 Å². The van der Waals surface area contributed by atoms with Gasteiger partial charge in [0.2, 0.25) is 10.0 Å². The summed E-state index contributed by atoms with van der Waals surface area (Å²) in [5.41, 5.74) is 0.600. The van der Waals surface area contributed by atoms with E-state index in [1.165, 1.54) is 22.5 Å². The molecule has 21 heavy (non-hydrogen) atoms. The monoisotopic (exact) mass is 335 g/mol. The first-order valence-electron chi connectivity index (χ1n) is 6.62. The second kappa shape index (κ2) is 5.81. The Labute approximate surface area is 127 Å². The van der Waals surface area contributed by atoms with Gasteiger partial charge in [-0.1, -0.05) is 17.7 Å². The van der Waals surface area contributed by atoms with E-state index >= 15 is 0 Å². The molecule has 1 unspecified atom stereocenters. The molecule has 116 valence electrons. The van der Waals surface area contributed by atoms with Gasteiger partial charge >= 0.3 is 0 Å². The maximum Gasteiger partial charge on any atom is 0.221 e. The van der Waals surface area contributed by atoms with E-state index in [0.717, 1.165) is 0 Å². The summed E-state index contributed by atoms with van der Waals surface area (Å²) >= 11 is 6.02. The molecule has 8 heteroatoms. The second-order valence-electron chi connectivity index (χ2n) is 5.09. The molecule has 1 atom stereocenters. The fourth-order valence-corrected chi connectivity index (χ4v) is 4.32. The van der Waals surface area contributed by atoms with Crippen LogP contribution >= 0.6 is 11.6 Å². The van der Waals surface area contributed by atoms with Crippen molar-refractivity contribution in [2.45, 2.75) is 11.4 Å². The van der Waals surface area contributed by atoms with Gasteiger partial charge in [-0.15, -0.1) is 0 Å². The number of morpholine rings is 1. The van der Waals surface area contributed by atoms with Crippen LogP contribution in [0.25, 0.3) is 0 Å². The van der Waals surface area contributed by atoms with E-state index in [1.54, 1.807) is 0 Å². The highest BCUT2D eigenvalue weighted by Gasteiger charge is 2.40. The van der Waals surface area contributed by atoms with Gasteiger partial charge in [0.25, 0.3) is 0 Å². The minimum atomic E-state index is -3.38. The van der Waals surface area contributed by atoms with Gasteiger partial charge < -0.3 is 9.47 Å². The van der Waals surface area contributed by atoms with Gasteiger partial charge in [-0.25, -0.2) is 12.8 Å². The maximum absolute atomic E-state index is 13.1. The molecule has 0 bridgehead atoms. The number of benzene rings is 1. The van der Waals surface area contributed by atoms with Crippen LogP contribution in [-0.4, -0.2) is 50.9 Å². The lowest BCUT2D eigenvalue weighted by Gasteiger charge is -2.37. The summed E-state index contributed by atoms with van der Waals surface area (Å²) < 4.78 is 49.8. The minimum Gasteiger partial charge on any atom is -0.378 e. The zero-order chi connectivity index (χ0) is 15.0. The summed E-state index contributed by atoms with van der Waals surface area (Å²) in [7, 11) is -3.38. The van der Waals surface area contributed by atoms with E-state index < -0.39 is 27.2 Å². The first-order valence-corrected chi connectivity index (χ1v) is 8.50. The summed E-state index contributed by atoms with van der Waals surface area (Å²) in [6.45, 7) is 1.26. The minimum absolute atomic E-state index is 0.185. The van der Waals surface area contributed by atoms with Crippen LogP contribution in [0.4, 0.5) is 4.39 Å². The van der Waals surface area contributed by atoms with E-state index in [4.69, 9.17) is 21.1 Å². The van der Waals surface area contributed by atoms with Gasteiger partial charge in [0.1, 0.15) is 11.1 Å². The molecule has 2 saturated heterocycles. The van der Waals surface area contributed by atoms with E-state index in [9.17, 15) is 12.8 Å². The Morgan fingerprint density at radius 2 is 2.10 bits per heavy atom. The molecule has 0 radical (unpaired) electrons. The highest BCUT2D eigenvalue weighted by atomic mass is 35.5. The fourth-order valence-electron chi connectivity index (χ4n) is 2.40. The van der Waals surface area contributed by atoms with E-state index in [0.29, 0.717) is 12.1 Å². The third-order valence-corrected chi connectivity index (χ3v) is 6.22. The topological polar surface area (TPSA) is 55.8 Å². The molecular weight excluding hydrogens is 321 g/mol. The van der Waals surface area contributed by atoms with Gasteiger partial charge in [0.15, 0.2) is 0 Å². The van der Waals surface area contributed by atoms with Crippen LogP contribution in [0.1, 0.15) is 11.7 Å². The molecule has 0 amide bonds. The number of rotatable bonds is 3. The Morgan fingerprint density at radius 3 is 2.71 bits per heavy atom. The number of hydrogen-bond donors (Lipinski definition) is 0. The van der Waals surface area contributed by atoms with Crippen molar-refractivity contribution in [1.29, 1.82) is 0 Å². The molecule has 0 aliphatic carbocycles. The van der Waals surface area contributed by atoms with Gasteiger partial charge in [-0.2, -0.15) is 4.31 Å². The highest BCUT2D eigenvalue weighted by molar-refractivity contribution is 7.89. The molecule has 2 fully saturated rings. The summed E-state index contributed by atoms with van der Waals surface area (Å²) in [5, 5.41) is -0.230. The molecule has 3 rings (SSSR count). The second-order valence-corrected chi connectivity index (χ2v) is 7.71. The number of ether oxygens (including phenoxy) is 2. The molecule has 0 saturated carbocycles. The average Bonchev–Trinajstić information content (AvgIpc) is 2.36. The van der Waals surface area contributed by atoms with Crippen molar-refractivity contribution in [2.24, 2.45) is 0 Å². The van der Waals surface area contributed by atoms with Crippen LogP contribution in [0.15, 0.2) is 18.2 Å². The lowest BCUT2D eigenvalue weighted by atomic mass is 10.1. The van der Waals surface area contributed by atoms with Crippen LogP contribution < -0.4 is 0 Å². The van der Waals surface area contributed by atoms with Crippen LogP contribution in [0.3, 0.4) is 0 Å². The molecule has 2 aliphatic heterocycles. The summed E-state index contributed by atoms with van der Waals surface area (Å²) in [6.07, 6.45) is -0.484. The Balaban J connectivity index is 1.79. The lowest BCUT2D eigenvalue weighted by Crippen LogP contribution is -2.52. The van der Waals surface area contributed by atoms with Crippen molar-refractivity contribution >= 4 is 21.6 Å². The maximum atomic E-state index is 13.1. The van der Waals surface area contributed by atoms with E-state index in [1.807, 2.05) is 0 Å². The zero-order valence-electron chi connectivity index (χ0n) is 11.2. The van der Waals surface area contributed by atoms with Crippen molar-refractivity contribution < 1.29 is 22.3 Å². The molecule has 2 heterocycles. The third-order valence-electron chi connectivity index (χ3n) is 3.73. The van der Waals surface area contributed by atoms with Crippen LogP contribution in [0.2, 0.25) is 5.02 Å². The third kappa shape index (κ3) is 2.93. The first-order chi connectivity index (χ1) is 9.98. The van der Waals surface area contributed by atoms with Gasteiger partial charge in [-0.3, -0.25) is 0 Å². The Morgan fingerprint density at radius 1 is 1.33 bits per heavy atom. The Kier molecular flexibility index (Phi) is 4.20. The van der Waals surface area contributed by atoms with Crippen LogP contribution in [-0.2, 0) is 19.5 Å². The van der Waals surface area contributed by atoms with Crippen molar-refractivity contribution in [3.05, 3.63) is 34.6 Å². The van der Waals surface area contributed by atoms with Crippen molar-refractivity contribution in [3.8, 4) is 0 Å². The van der Waals surface area contributed by atoms with Gasteiger partial charge in [0.05, 0.1) is 25.9 Å². The van der Waals surface area contributed by atoms with Crippen molar-refractivity contribution in [2.75, 3.05) is 32.9 Å². The molecule has 0 N–H and O–H groups in total. The number of halogens is 2. The summed E-state index contributed by atoms with van der Waals surface area (Å²) in [5.74, 6) is -0.435. The summed E-state index contributed by atoms with van der Waals surface area (Å²) in [4.78, 5) is 0. The molecule has 5 nitrogen and oxygen atoms in total. The number of hydrogen-bond acceptors (Lipinski definition) is 4. The Hall–Kier alpha value is -0.730. The average molecular weight is 336 g/mol. The first kappa shape index (κ1) is 15.2. The smallest absolute Gasteiger partial charge is 0.221 e. The van der Waals surface area contributed by atoms with Crippen molar-refractivity contribution in [1.82, 2.24) is 4.31 Å². The molecule has 1 aromatic carbocycles. The molecule has 1 aromatic rings. The Bertz CT molecular complexity index is 635. The lowest BCUT2D eigenvalue weighted by molar-refractivity contribution is -0.00697. The highest BCUT2D eigenvalue weighted by Crippen LogP contribution is 2.31. The summed E-state index contributed by atoms with van der Waals surface area (Å²) in [6, 6.07) is 4.02. The molecular formula is C13H15ClFNO4S. The van der Waals surface area contributed by atoms with Crippen LogP contribution in [0.5, 0.6) is 0 Å². The van der Waals surface area contributed by atoms with Gasteiger partial charge in [0, 0.05) is 23.7 Å². The normalized spacial score (nSPS) is 24.8. The zero-order valence-corrected chi connectivity index (χ0v) is 12.7. The number of nitrogens with zero attached hydrogens (tertiary/aromatic N) is 1. The van der Waals surface area contributed by atoms with E-state index in [2.05, 4.69) is 0 Å². The predicted octanol–water partition coefficient (Wildman–Crippen LogP) is 1.58. The predicted molar refractivity (Wildman–Crippen MR) is 75.2 cm³/mol. The van der Waals surface area contributed by atoms with E-state index in [-0.39, 0.29) is 31.4 Å².